The Labute approximate surface area is 51.3 Å². The number of rotatable bonds is 3. The minimum atomic E-state index is 0.983. The van der Waals surface area contributed by atoms with Crippen molar-refractivity contribution in [3.05, 3.63) is 12.3 Å². The van der Waals surface area contributed by atoms with Crippen molar-refractivity contribution in [1.82, 2.24) is 0 Å². The minimum Gasteiger partial charge on any atom is -0.212 e. The summed E-state index contributed by atoms with van der Waals surface area (Å²) in [6.07, 6.45) is 5.18. The second kappa shape index (κ2) is 4.57. The molecular formula is C7H14N+. The first-order chi connectivity index (χ1) is 3.81. The van der Waals surface area contributed by atoms with Crippen LogP contribution in [0.2, 0.25) is 0 Å². The van der Waals surface area contributed by atoms with Crippen LogP contribution in [0.25, 0.3) is 0 Å². The van der Waals surface area contributed by atoms with Crippen molar-refractivity contribution in [3.8, 4) is 0 Å². The second-order valence-corrected chi connectivity index (χ2v) is 1.70. The molecule has 0 aliphatic heterocycles. The normalized spacial score (nSPS) is 10.2. The predicted octanol–water partition coefficient (Wildman–Crippen LogP) is 1.64. The monoisotopic (exact) mass is 112 g/mol. The Bertz CT molecular complexity index is 92.6. The molecule has 1 nitrogen and oxygen atoms in total. The molecule has 0 bridgehead atoms. The van der Waals surface area contributed by atoms with Crippen molar-refractivity contribution in [2.45, 2.75) is 20.3 Å². The first-order valence-corrected chi connectivity index (χ1v) is 3.05. The minimum absolute atomic E-state index is 0.983. The molecule has 1 heteroatoms. The van der Waals surface area contributed by atoms with Gasteiger partial charge in [0.2, 0.25) is 0 Å². The van der Waals surface area contributed by atoms with Crippen LogP contribution in [-0.2, 0) is 0 Å². The predicted molar refractivity (Wildman–Crippen MR) is 37.4 cm³/mol. The molecule has 0 aromatic rings. The summed E-state index contributed by atoms with van der Waals surface area (Å²) in [6.45, 7) is 8.91. The van der Waals surface area contributed by atoms with Gasteiger partial charge in [-0.05, 0) is 19.4 Å². The lowest BCUT2D eigenvalue weighted by atomic mass is 10.5. The summed E-state index contributed by atoms with van der Waals surface area (Å²) in [5, 5.41) is 0. The standard InChI is InChI=1S/C7H14N/c1-4-6-7-8(3)5-2/h6-7H,3-5H2,1-2H3/q+1/b7-6-. The summed E-state index contributed by atoms with van der Waals surface area (Å²) in [4.78, 5) is 0. The van der Waals surface area contributed by atoms with Crippen LogP contribution in [0.1, 0.15) is 20.3 Å². The Kier molecular flexibility index (Phi) is 4.23. The molecule has 0 fully saturated rings. The first kappa shape index (κ1) is 7.41. The third-order valence-corrected chi connectivity index (χ3v) is 0.958. The zero-order chi connectivity index (χ0) is 6.41. The fourth-order valence-corrected chi connectivity index (χ4v) is 0.360. The summed E-state index contributed by atoms with van der Waals surface area (Å²) in [6, 6.07) is 0. The lowest BCUT2D eigenvalue weighted by Gasteiger charge is -1.83. The van der Waals surface area contributed by atoms with Crippen LogP contribution >= 0.6 is 0 Å². The maximum absolute atomic E-state index is 3.74. The number of allylic oxidation sites excluding steroid dienone is 1. The van der Waals surface area contributed by atoms with Crippen LogP contribution in [-0.4, -0.2) is 17.8 Å². The lowest BCUT2D eigenvalue weighted by Crippen LogP contribution is -1.97. The molecule has 0 unspecified atom stereocenters. The Morgan fingerprint density at radius 3 is 2.50 bits per heavy atom. The van der Waals surface area contributed by atoms with Gasteiger partial charge in [-0.3, -0.25) is 0 Å². The van der Waals surface area contributed by atoms with Gasteiger partial charge in [-0.15, -0.1) is 0 Å². The molecule has 0 heterocycles. The van der Waals surface area contributed by atoms with Gasteiger partial charge in [0.1, 0.15) is 13.3 Å². The summed E-state index contributed by atoms with van der Waals surface area (Å²) in [5.41, 5.74) is 0. The Hall–Kier alpha value is -0.590. The van der Waals surface area contributed by atoms with Gasteiger partial charge >= 0.3 is 0 Å². The summed E-state index contributed by atoms with van der Waals surface area (Å²) in [7, 11) is 0. The van der Waals surface area contributed by atoms with E-state index in [1.54, 1.807) is 0 Å². The van der Waals surface area contributed by atoms with E-state index in [-0.39, 0.29) is 0 Å². The zero-order valence-corrected chi connectivity index (χ0v) is 5.72. The van der Waals surface area contributed by atoms with Gasteiger partial charge in [0.05, 0.1) is 0 Å². The molecule has 0 aliphatic rings. The van der Waals surface area contributed by atoms with Crippen molar-refractivity contribution in [1.29, 1.82) is 0 Å². The van der Waals surface area contributed by atoms with E-state index in [0.717, 1.165) is 13.0 Å². The first-order valence-electron chi connectivity index (χ1n) is 3.05. The van der Waals surface area contributed by atoms with Crippen LogP contribution in [0, 0.1) is 0 Å². The van der Waals surface area contributed by atoms with Gasteiger partial charge in [0.15, 0.2) is 6.20 Å². The van der Waals surface area contributed by atoms with Gasteiger partial charge < -0.3 is 0 Å². The Morgan fingerprint density at radius 2 is 2.12 bits per heavy atom. The van der Waals surface area contributed by atoms with Gasteiger partial charge in [0.25, 0.3) is 0 Å². The summed E-state index contributed by atoms with van der Waals surface area (Å²) >= 11 is 0. The maximum Gasteiger partial charge on any atom is 0.164 e. The molecule has 0 rings (SSSR count). The maximum atomic E-state index is 3.74. The SMILES string of the molecule is C=[N+](/C=C\CC)CC. The third-order valence-electron chi connectivity index (χ3n) is 0.958. The number of hydrogen-bond donors (Lipinski definition) is 0. The number of hydrogen-bond acceptors (Lipinski definition) is 0. The van der Waals surface area contributed by atoms with E-state index in [0.29, 0.717) is 0 Å². The van der Waals surface area contributed by atoms with Gasteiger partial charge in [0, 0.05) is 0 Å². The van der Waals surface area contributed by atoms with E-state index < -0.39 is 0 Å². The highest BCUT2D eigenvalue weighted by molar-refractivity contribution is 5.15. The van der Waals surface area contributed by atoms with Crippen molar-refractivity contribution >= 4 is 6.72 Å². The molecule has 0 atom stereocenters. The van der Waals surface area contributed by atoms with Crippen molar-refractivity contribution < 1.29 is 4.58 Å². The fourth-order valence-electron chi connectivity index (χ4n) is 0.360. The van der Waals surface area contributed by atoms with Crippen LogP contribution in [0.15, 0.2) is 12.3 Å². The molecule has 0 N–H and O–H groups in total. The van der Waals surface area contributed by atoms with E-state index in [4.69, 9.17) is 0 Å². The molecule has 0 aliphatic carbocycles. The van der Waals surface area contributed by atoms with Gasteiger partial charge in [-0.25, -0.2) is 4.58 Å². The molecule has 0 aromatic carbocycles. The number of nitrogens with zero attached hydrogens (tertiary/aromatic N) is 1. The molecule has 0 aromatic heterocycles. The molecule has 0 amide bonds. The highest BCUT2D eigenvalue weighted by Crippen LogP contribution is 1.79. The molecular weight excluding hydrogens is 98.1 g/mol. The lowest BCUT2D eigenvalue weighted by molar-refractivity contribution is -0.443. The quantitative estimate of drug-likeness (QED) is 0.385. The second-order valence-electron chi connectivity index (χ2n) is 1.70. The molecule has 8 heavy (non-hydrogen) atoms. The van der Waals surface area contributed by atoms with E-state index in [1.165, 1.54) is 0 Å². The Balaban J connectivity index is 3.37. The Morgan fingerprint density at radius 1 is 1.50 bits per heavy atom. The smallest absolute Gasteiger partial charge is 0.164 e. The van der Waals surface area contributed by atoms with Crippen LogP contribution in [0.5, 0.6) is 0 Å². The fraction of sp³-hybridized carbons (Fsp3) is 0.571. The molecule has 46 valence electrons. The van der Waals surface area contributed by atoms with Gasteiger partial charge in [-0.1, -0.05) is 6.92 Å². The van der Waals surface area contributed by atoms with Crippen molar-refractivity contribution in [2.75, 3.05) is 6.54 Å². The largest absolute Gasteiger partial charge is 0.212 e. The average Bonchev–Trinajstić information content (AvgIpc) is 1.83. The third kappa shape index (κ3) is 3.59. The van der Waals surface area contributed by atoms with Crippen molar-refractivity contribution in [2.24, 2.45) is 0 Å². The molecule has 0 saturated carbocycles. The summed E-state index contributed by atoms with van der Waals surface area (Å²) < 4.78 is 1.91. The van der Waals surface area contributed by atoms with E-state index in [9.17, 15) is 0 Å². The van der Waals surface area contributed by atoms with E-state index in [2.05, 4.69) is 26.6 Å². The highest BCUT2D eigenvalue weighted by Gasteiger charge is 1.82. The highest BCUT2D eigenvalue weighted by atomic mass is 14.9. The van der Waals surface area contributed by atoms with Crippen molar-refractivity contribution in [3.63, 3.8) is 0 Å². The molecule has 0 saturated heterocycles. The molecule has 0 spiro atoms. The topological polar surface area (TPSA) is 3.01 Å². The average molecular weight is 112 g/mol. The zero-order valence-electron chi connectivity index (χ0n) is 5.72. The van der Waals surface area contributed by atoms with E-state index >= 15 is 0 Å². The van der Waals surface area contributed by atoms with Crippen LogP contribution < -0.4 is 0 Å². The van der Waals surface area contributed by atoms with Crippen LogP contribution in [0.3, 0.4) is 0 Å². The van der Waals surface area contributed by atoms with Gasteiger partial charge in [-0.2, -0.15) is 0 Å². The summed E-state index contributed by atoms with van der Waals surface area (Å²) in [5.74, 6) is 0. The van der Waals surface area contributed by atoms with Crippen LogP contribution in [0.4, 0.5) is 0 Å². The van der Waals surface area contributed by atoms with E-state index in [1.807, 2.05) is 10.8 Å². The molecule has 0 radical (unpaired) electrons.